The van der Waals surface area contributed by atoms with E-state index in [4.69, 9.17) is 23.2 Å². The van der Waals surface area contributed by atoms with Crippen molar-refractivity contribution in [2.75, 3.05) is 0 Å². The molecule has 2 atom stereocenters. The third kappa shape index (κ3) is 3.52. The van der Waals surface area contributed by atoms with Gasteiger partial charge in [-0.1, -0.05) is 78.7 Å². The van der Waals surface area contributed by atoms with Crippen LogP contribution in [0.25, 0.3) is 0 Å². The Kier molecular flexibility index (Phi) is 5.95. The summed E-state index contributed by atoms with van der Waals surface area (Å²) in [6.07, 6.45) is 2.09. The number of phenolic OH excluding ortho intramolecular Hbond substituents is 2. The minimum Gasteiger partial charge on any atom is -0.506 e. The standard InChI is InChI=1S/C23H27Cl2IO2/c1-12-10-22(4,5)21(26)23(11-12,15-6-13(2)19(27)17(24)8-15)16-7-14(3)20(28)18(25)9-16/h6-9,12,21,27-28H,10-11H2,1-5H3. The van der Waals surface area contributed by atoms with Gasteiger partial charge in [0.25, 0.3) is 0 Å². The molecule has 0 amide bonds. The Labute approximate surface area is 191 Å². The van der Waals surface area contributed by atoms with Crippen molar-refractivity contribution < 1.29 is 10.2 Å². The summed E-state index contributed by atoms with van der Waals surface area (Å²) in [4.78, 5) is 0. The number of alkyl halides is 1. The Balaban J connectivity index is 2.38. The molecule has 3 rings (SSSR count). The van der Waals surface area contributed by atoms with Gasteiger partial charge in [-0.15, -0.1) is 0 Å². The summed E-state index contributed by atoms with van der Waals surface area (Å²) in [5, 5.41) is 21.2. The normalized spacial score (nSPS) is 23.6. The van der Waals surface area contributed by atoms with E-state index in [0.717, 1.165) is 35.1 Å². The number of hydrogen-bond donors (Lipinski definition) is 2. The number of phenols is 2. The zero-order valence-electron chi connectivity index (χ0n) is 16.9. The Morgan fingerprint density at radius 1 is 0.893 bits per heavy atom. The summed E-state index contributed by atoms with van der Waals surface area (Å²) in [7, 11) is 0. The van der Waals surface area contributed by atoms with E-state index in [9.17, 15) is 10.2 Å². The maximum atomic E-state index is 10.2. The lowest BCUT2D eigenvalue weighted by molar-refractivity contribution is 0.146. The number of halogens is 3. The Morgan fingerprint density at radius 2 is 1.32 bits per heavy atom. The molecule has 152 valence electrons. The summed E-state index contributed by atoms with van der Waals surface area (Å²) in [6.45, 7) is 10.7. The summed E-state index contributed by atoms with van der Waals surface area (Å²) in [6, 6.07) is 7.91. The number of aryl methyl sites for hydroxylation is 2. The quantitative estimate of drug-likeness (QED) is 0.309. The van der Waals surface area contributed by atoms with Crippen LogP contribution in [0.3, 0.4) is 0 Å². The summed E-state index contributed by atoms with van der Waals surface area (Å²) < 4.78 is 0.272. The molecule has 0 heterocycles. The van der Waals surface area contributed by atoms with Gasteiger partial charge in [-0.25, -0.2) is 0 Å². The van der Waals surface area contributed by atoms with Gasteiger partial charge in [-0.05, 0) is 72.4 Å². The lowest BCUT2D eigenvalue weighted by Crippen LogP contribution is -2.51. The molecular formula is C23H27Cl2IO2. The minimum absolute atomic E-state index is 0.0920. The smallest absolute Gasteiger partial charge is 0.137 e. The van der Waals surface area contributed by atoms with E-state index >= 15 is 0 Å². The zero-order valence-corrected chi connectivity index (χ0v) is 20.6. The number of benzene rings is 2. The van der Waals surface area contributed by atoms with Crippen LogP contribution in [-0.2, 0) is 5.41 Å². The van der Waals surface area contributed by atoms with Crippen LogP contribution in [0, 0.1) is 25.2 Å². The topological polar surface area (TPSA) is 40.5 Å². The summed E-state index contributed by atoms with van der Waals surface area (Å²) in [5.41, 5.74) is 3.48. The van der Waals surface area contributed by atoms with E-state index in [-0.39, 0.29) is 26.3 Å². The van der Waals surface area contributed by atoms with Gasteiger partial charge in [0.05, 0.1) is 10.0 Å². The second-order valence-corrected chi connectivity index (χ2v) is 11.1. The predicted octanol–water partition coefficient (Wildman–Crippen LogP) is 7.57. The number of rotatable bonds is 2. The SMILES string of the molecule is Cc1cc(C2(c3cc(C)c(O)c(Cl)c3)CC(C)CC(C)(C)C2I)cc(Cl)c1O. The van der Waals surface area contributed by atoms with Crippen molar-refractivity contribution in [3.8, 4) is 11.5 Å². The molecule has 2 aromatic carbocycles. The van der Waals surface area contributed by atoms with Crippen LogP contribution in [0.2, 0.25) is 10.0 Å². The maximum absolute atomic E-state index is 10.2. The molecule has 0 bridgehead atoms. The average molecular weight is 533 g/mol. The maximum Gasteiger partial charge on any atom is 0.137 e. The highest BCUT2D eigenvalue weighted by atomic mass is 127. The molecule has 28 heavy (non-hydrogen) atoms. The first-order chi connectivity index (χ1) is 12.9. The number of hydrogen-bond acceptors (Lipinski definition) is 2. The van der Waals surface area contributed by atoms with E-state index in [1.807, 2.05) is 26.0 Å². The van der Waals surface area contributed by atoms with Crippen molar-refractivity contribution in [1.29, 1.82) is 0 Å². The molecule has 1 fully saturated rings. The Bertz CT molecular complexity index is 819. The summed E-state index contributed by atoms with van der Waals surface area (Å²) >= 11 is 15.4. The third-order valence-electron chi connectivity index (χ3n) is 6.20. The van der Waals surface area contributed by atoms with Crippen LogP contribution < -0.4 is 0 Å². The molecule has 1 aliphatic rings. The van der Waals surface area contributed by atoms with E-state index in [1.54, 1.807) is 0 Å². The van der Waals surface area contributed by atoms with Crippen molar-refractivity contribution >= 4 is 45.8 Å². The first kappa shape index (κ1) is 22.0. The molecule has 2 aromatic rings. The molecule has 1 aliphatic carbocycles. The van der Waals surface area contributed by atoms with Gasteiger partial charge >= 0.3 is 0 Å². The summed E-state index contributed by atoms with van der Waals surface area (Å²) in [5.74, 6) is 0.768. The molecule has 5 heteroatoms. The van der Waals surface area contributed by atoms with Gasteiger partial charge in [0.15, 0.2) is 0 Å². The van der Waals surface area contributed by atoms with Gasteiger partial charge in [-0.2, -0.15) is 0 Å². The molecule has 0 spiro atoms. The molecule has 2 unspecified atom stereocenters. The minimum atomic E-state index is -0.327. The fourth-order valence-electron chi connectivity index (χ4n) is 5.08. The lowest BCUT2D eigenvalue weighted by Gasteiger charge is -2.53. The predicted molar refractivity (Wildman–Crippen MR) is 126 cm³/mol. The zero-order chi connectivity index (χ0) is 21.0. The highest BCUT2D eigenvalue weighted by Crippen LogP contribution is 2.58. The molecule has 2 nitrogen and oxygen atoms in total. The van der Waals surface area contributed by atoms with Crippen molar-refractivity contribution in [1.82, 2.24) is 0 Å². The molecule has 0 radical (unpaired) electrons. The third-order valence-corrected chi connectivity index (χ3v) is 9.53. The van der Waals surface area contributed by atoms with Gasteiger partial charge in [0.2, 0.25) is 0 Å². The van der Waals surface area contributed by atoms with Crippen LogP contribution in [0.15, 0.2) is 24.3 Å². The van der Waals surface area contributed by atoms with Crippen molar-refractivity contribution in [2.24, 2.45) is 11.3 Å². The van der Waals surface area contributed by atoms with Gasteiger partial charge < -0.3 is 10.2 Å². The van der Waals surface area contributed by atoms with Crippen LogP contribution in [0.1, 0.15) is 55.9 Å². The van der Waals surface area contributed by atoms with Crippen LogP contribution in [0.4, 0.5) is 0 Å². The van der Waals surface area contributed by atoms with Crippen LogP contribution >= 0.6 is 45.8 Å². The second kappa shape index (κ2) is 7.55. The molecular weight excluding hydrogens is 506 g/mol. The van der Waals surface area contributed by atoms with E-state index < -0.39 is 0 Å². The monoisotopic (exact) mass is 532 g/mol. The highest BCUT2D eigenvalue weighted by molar-refractivity contribution is 14.1. The molecule has 1 saturated carbocycles. The van der Waals surface area contributed by atoms with Crippen molar-refractivity contribution in [2.45, 2.75) is 56.8 Å². The van der Waals surface area contributed by atoms with Gasteiger partial charge in [0.1, 0.15) is 11.5 Å². The molecule has 0 aromatic heterocycles. The average Bonchev–Trinajstić information content (AvgIpc) is 2.59. The van der Waals surface area contributed by atoms with E-state index in [1.165, 1.54) is 0 Å². The molecule has 2 N–H and O–H groups in total. The largest absolute Gasteiger partial charge is 0.506 e. The van der Waals surface area contributed by atoms with Crippen LogP contribution in [-0.4, -0.2) is 14.1 Å². The first-order valence-corrected chi connectivity index (χ1v) is 11.5. The fourth-order valence-corrected chi connectivity index (χ4v) is 6.84. The van der Waals surface area contributed by atoms with Gasteiger partial charge in [-0.3, -0.25) is 0 Å². The van der Waals surface area contributed by atoms with E-state index in [0.29, 0.717) is 16.0 Å². The lowest BCUT2D eigenvalue weighted by atomic mass is 9.55. The van der Waals surface area contributed by atoms with Crippen molar-refractivity contribution in [3.63, 3.8) is 0 Å². The Hall–Kier alpha value is -0.650. The highest BCUT2D eigenvalue weighted by Gasteiger charge is 2.52. The van der Waals surface area contributed by atoms with Crippen molar-refractivity contribution in [3.05, 3.63) is 56.6 Å². The fraction of sp³-hybridized carbons (Fsp3) is 0.478. The Morgan fingerprint density at radius 3 is 1.71 bits per heavy atom. The van der Waals surface area contributed by atoms with Crippen LogP contribution in [0.5, 0.6) is 11.5 Å². The first-order valence-electron chi connectivity index (χ1n) is 9.53. The van der Waals surface area contributed by atoms with E-state index in [2.05, 4.69) is 55.5 Å². The van der Waals surface area contributed by atoms with Gasteiger partial charge in [0, 0.05) is 9.34 Å². The second-order valence-electron chi connectivity index (χ2n) is 9.08. The molecule has 0 saturated heterocycles. The number of aromatic hydroxyl groups is 2. The molecule has 0 aliphatic heterocycles.